The van der Waals surface area contributed by atoms with Crippen molar-refractivity contribution in [1.82, 2.24) is 19.9 Å². The Hall–Kier alpha value is -6.26. The van der Waals surface area contributed by atoms with E-state index in [1.807, 2.05) is 42.5 Å². The van der Waals surface area contributed by atoms with Crippen molar-refractivity contribution in [2.45, 2.75) is 0 Å². The molecule has 3 heterocycles. The van der Waals surface area contributed by atoms with Crippen LogP contribution >= 0.6 is 0 Å². The molecule has 0 bridgehead atoms. The maximum Gasteiger partial charge on any atom is 0.0973 e. The summed E-state index contributed by atoms with van der Waals surface area (Å²) in [5, 5.41) is 4.51. The molecule has 0 N–H and O–H groups in total. The van der Waals surface area contributed by atoms with E-state index in [9.17, 15) is 0 Å². The highest BCUT2D eigenvalue weighted by atomic mass is 14.8. The second-order valence-electron chi connectivity index (χ2n) is 11.5. The van der Waals surface area contributed by atoms with Crippen LogP contribution in [0.2, 0.25) is 0 Å². The van der Waals surface area contributed by atoms with Crippen molar-refractivity contribution < 1.29 is 0 Å². The Morgan fingerprint density at radius 2 is 0.870 bits per heavy atom. The molecule has 0 aliphatic carbocycles. The Bertz CT molecular complexity index is 2590. The summed E-state index contributed by atoms with van der Waals surface area (Å²) in [6.45, 7) is 0. The van der Waals surface area contributed by atoms with Gasteiger partial charge in [0.05, 0.1) is 44.8 Å². The van der Waals surface area contributed by atoms with Crippen LogP contribution in [0.3, 0.4) is 0 Å². The van der Waals surface area contributed by atoms with Crippen LogP contribution < -0.4 is 0 Å². The average molecular weight is 587 g/mol. The highest BCUT2D eigenvalue weighted by Gasteiger charge is 2.15. The fourth-order valence-electron chi connectivity index (χ4n) is 6.35. The van der Waals surface area contributed by atoms with Gasteiger partial charge in [-0.1, -0.05) is 127 Å². The lowest BCUT2D eigenvalue weighted by atomic mass is 9.99. The van der Waals surface area contributed by atoms with Gasteiger partial charge in [0.1, 0.15) is 0 Å². The number of pyridine rings is 2. The highest BCUT2D eigenvalue weighted by molar-refractivity contribution is 6.05. The molecule has 0 aliphatic rings. The van der Waals surface area contributed by atoms with Crippen LogP contribution in [0.15, 0.2) is 158 Å². The summed E-state index contributed by atoms with van der Waals surface area (Å²) >= 11 is 0. The monoisotopic (exact) mass is 586 g/mol. The first kappa shape index (κ1) is 26.2. The van der Waals surface area contributed by atoms with Crippen LogP contribution in [0.1, 0.15) is 0 Å². The summed E-state index contributed by atoms with van der Waals surface area (Å²) < 4.78 is 0. The van der Waals surface area contributed by atoms with Gasteiger partial charge in [-0.3, -0.25) is 0 Å². The van der Waals surface area contributed by atoms with Crippen molar-refractivity contribution in [2.75, 3.05) is 0 Å². The van der Waals surface area contributed by atoms with Crippen molar-refractivity contribution in [3.63, 3.8) is 0 Å². The van der Waals surface area contributed by atoms with Crippen molar-refractivity contribution in [1.29, 1.82) is 0 Å². The van der Waals surface area contributed by atoms with Gasteiger partial charge in [-0.15, -0.1) is 0 Å². The summed E-state index contributed by atoms with van der Waals surface area (Å²) in [5.41, 5.74) is 11.2. The Balaban J connectivity index is 1.20. The van der Waals surface area contributed by atoms with E-state index in [4.69, 9.17) is 19.9 Å². The lowest BCUT2D eigenvalue weighted by molar-refractivity contribution is 1.29. The zero-order valence-electron chi connectivity index (χ0n) is 24.8. The lowest BCUT2D eigenvalue weighted by Gasteiger charge is -2.12. The molecule has 3 aromatic heterocycles. The second kappa shape index (κ2) is 10.7. The molecule has 214 valence electrons. The number of aromatic nitrogens is 4. The largest absolute Gasteiger partial charge is 0.245 e. The number of fused-ring (bicyclic) bond motifs is 5. The van der Waals surface area contributed by atoms with Crippen molar-refractivity contribution in [3.05, 3.63) is 158 Å². The average Bonchev–Trinajstić information content (AvgIpc) is 3.14. The summed E-state index contributed by atoms with van der Waals surface area (Å²) in [7, 11) is 0. The van der Waals surface area contributed by atoms with E-state index >= 15 is 0 Å². The van der Waals surface area contributed by atoms with Gasteiger partial charge in [0, 0.05) is 33.0 Å². The predicted octanol–water partition coefficient (Wildman–Crippen LogP) is 10.5. The molecule has 0 saturated heterocycles. The van der Waals surface area contributed by atoms with E-state index in [-0.39, 0.29) is 0 Å². The Morgan fingerprint density at radius 3 is 1.65 bits per heavy atom. The number of hydrogen-bond acceptors (Lipinski definition) is 4. The number of hydrogen-bond donors (Lipinski definition) is 0. The molecule has 4 nitrogen and oxygen atoms in total. The minimum Gasteiger partial charge on any atom is -0.245 e. The van der Waals surface area contributed by atoms with Gasteiger partial charge in [-0.05, 0) is 41.1 Å². The maximum absolute atomic E-state index is 5.24. The van der Waals surface area contributed by atoms with Gasteiger partial charge in [-0.2, -0.15) is 0 Å². The number of benzene rings is 6. The number of rotatable bonds is 4. The molecule has 6 aromatic carbocycles. The van der Waals surface area contributed by atoms with Gasteiger partial charge >= 0.3 is 0 Å². The molecular formula is C42H26N4. The summed E-state index contributed by atoms with van der Waals surface area (Å²) in [6, 6.07) is 54.3. The molecule has 0 unspecified atom stereocenters. The number of para-hydroxylation sites is 2. The molecule has 0 radical (unpaired) electrons. The highest BCUT2D eigenvalue weighted by Crippen LogP contribution is 2.35. The van der Waals surface area contributed by atoms with Crippen molar-refractivity contribution in [3.8, 4) is 45.0 Å². The van der Waals surface area contributed by atoms with Crippen molar-refractivity contribution in [2.24, 2.45) is 0 Å². The molecule has 4 heteroatoms. The van der Waals surface area contributed by atoms with E-state index in [2.05, 4.69) is 115 Å². The van der Waals surface area contributed by atoms with Crippen LogP contribution in [-0.2, 0) is 0 Å². The summed E-state index contributed by atoms with van der Waals surface area (Å²) in [5.74, 6) is 0. The number of nitrogens with zero attached hydrogens (tertiary/aromatic N) is 4. The summed E-state index contributed by atoms with van der Waals surface area (Å²) in [6.07, 6.45) is 0. The third kappa shape index (κ3) is 4.47. The lowest BCUT2D eigenvalue weighted by Crippen LogP contribution is -1.96. The van der Waals surface area contributed by atoms with Crippen LogP contribution in [-0.4, -0.2) is 19.9 Å². The minimum absolute atomic E-state index is 0.847. The maximum atomic E-state index is 5.24. The molecule has 9 rings (SSSR count). The molecule has 0 saturated carbocycles. The second-order valence-corrected chi connectivity index (χ2v) is 11.5. The zero-order chi connectivity index (χ0) is 30.5. The van der Waals surface area contributed by atoms with Gasteiger partial charge in [0.25, 0.3) is 0 Å². The quantitative estimate of drug-likeness (QED) is 0.193. The summed E-state index contributed by atoms with van der Waals surface area (Å²) in [4.78, 5) is 20.6. The SMILES string of the molecule is c1ccc(-c2nc3ccccc3nc2-c2cccc(-c3ccc4ccc5ccc(-c6cccc7ccccc67)nc5c4n3)c2)cc1. The fourth-order valence-corrected chi connectivity index (χ4v) is 6.35. The van der Waals surface area contributed by atoms with Gasteiger partial charge in [-0.25, -0.2) is 19.9 Å². The van der Waals surface area contributed by atoms with Crippen LogP contribution in [0, 0.1) is 0 Å². The minimum atomic E-state index is 0.847. The third-order valence-corrected chi connectivity index (χ3v) is 8.63. The molecule has 0 fully saturated rings. The Morgan fingerprint density at radius 1 is 0.326 bits per heavy atom. The third-order valence-electron chi connectivity index (χ3n) is 8.63. The fraction of sp³-hybridized carbons (Fsp3) is 0. The standard InChI is InChI=1S/C42H26N4/c1-2-11-28(12-3-1)39-42(46-38-19-7-6-18-37(38)45-39)32-15-8-14-31(26-32)35-24-22-29-20-21-30-23-25-36(44-41(30)40(29)43-35)34-17-9-13-27-10-4-5-16-33(27)34/h1-26H. The molecule has 0 aliphatic heterocycles. The van der Waals surface area contributed by atoms with Gasteiger partial charge in [0.15, 0.2) is 0 Å². The molecule has 0 spiro atoms. The van der Waals surface area contributed by atoms with Crippen molar-refractivity contribution >= 4 is 43.6 Å². The Labute approximate surface area is 265 Å². The van der Waals surface area contributed by atoms with Gasteiger partial charge in [0.2, 0.25) is 0 Å². The zero-order valence-corrected chi connectivity index (χ0v) is 24.8. The topological polar surface area (TPSA) is 51.6 Å². The van der Waals surface area contributed by atoms with E-state index in [1.165, 1.54) is 10.8 Å². The molecule has 9 aromatic rings. The molecular weight excluding hydrogens is 560 g/mol. The van der Waals surface area contributed by atoms with Crippen LogP contribution in [0.25, 0.3) is 88.6 Å². The smallest absolute Gasteiger partial charge is 0.0973 e. The van der Waals surface area contributed by atoms with Crippen LogP contribution in [0.4, 0.5) is 0 Å². The first-order chi connectivity index (χ1) is 22.8. The van der Waals surface area contributed by atoms with E-state index in [0.29, 0.717) is 0 Å². The van der Waals surface area contributed by atoms with Gasteiger partial charge < -0.3 is 0 Å². The van der Waals surface area contributed by atoms with E-state index in [0.717, 1.165) is 77.9 Å². The van der Waals surface area contributed by atoms with E-state index < -0.39 is 0 Å². The normalized spacial score (nSPS) is 11.5. The van der Waals surface area contributed by atoms with E-state index in [1.54, 1.807) is 0 Å². The first-order valence-electron chi connectivity index (χ1n) is 15.4. The first-order valence-corrected chi connectivity index (χ1v) is 15.4. The van der Waals surface area contributed by atoms with Crippen LogP contribution in [0.5, 0.6) is 0 Å². The predicted molar refractivity (Wildman–Crippen MR) is 189 cm³/mol. The Kier molecular flexibility index (Phi) is 6.10. The molecule has 0 amide bonds. The molecule has 0 atom stereocenters. The molecule has 46 heavy (non-hydrogen) atoms.